The average Bonchev–Trinajstić information content (AvgIpc) is 3.44. The van der Waals surface area contributed by atoms with E-state index in [1.54, 1.807) is 12.5 Å². The number of hydrogen-bond donors (Lipinski definition) is 1. The molecule has 1 atom stereocenters. The highest BCUT2D eigenvalue weighted by Gasteiger charge is 2.50. The Balaban J connectivity index is 1.21. The number of H-pyrrole nitrogens is 1. The van der Waals surface area contributed by atoms with Crippen LogP contribution in [0, 0.1) is 5.41 Å². The number of amides is 1. The van der Waals surface area contributed by atoms with Crippen molar-refractivity contribution in [3.8, 4) is 0 Å². The molecule has 1 amide bonds. The van der Waals surface area contributed by atoms with Gasteiger partial charge in [-0.1, -0.05) is 18.2 Å². The molecule has 2 saturated heterocycles. The van der Waals surface area contributed by atoms with Gasteiger partial charge in [-0.05, 0) is 18.9 Å². The molecule has 8 nitrogen and oxygen atoms in total. The van der Waals surface area contributed by atoms with Gasteiger partial charge in [0.15, 0.2) is 0 Å². The van der Waals surface area contributed by atoms with Gasteiger partial charge in [0, 0.05) is 37.3 Å². The van der Waals surface area contributed by atoms with E-state index in [-0.39, 0.29) is 18.0 Å². The lowest BCUT2D eigenvalue weighted by molar-refractivity contribution is -0.152. The number of carbonyl (C=O) groups is 2. The van der Waals surface area contributed by atoms with Crippen molar-refractivity contribution in [3.05, 3.63) is 48.7 Å². The molecule has 1 aromatic carbocycles. The van der Waals surface area contributed by atoms with Crippen LogP contribution in [0.15, 0.2) is 43.0 Å². The van der Waals surface area contributed by atoms with Gasteiger partial charge in [-0.2, -0.15) is 5.10 Å². The molecule has 1 N–H and O–H groups in total. The largest absolute Gasteiger partial charge is 0.460 e. The summed E-state index contributed by atoms with van der Waals surface area (Å²) in [5, 5.41) is 8.23. The van der Waals surface area contributed by atoms with Gasteiger partial charge in [0.05, 0.1) is 35.9 Å². The van der Waals surface area contributed by atoms with Crippen LogP contribution in [0.4, 0.5) is 0 Å². The number of cyclic esters (lactones) is 1. The molecule has 0 saturated carbocycles. The molecule has 2 fully saturated rings. The van der Waals surface area contributed by atoms with Gasteiger partial charge in [0.25, 0.3) is 0 Å². The summed E-state index contributed by atoms with van der Waals surface area (Å²) in [6.07, 6.45) is 7.51. The van der Waals surface area contributed by atoms with Crippen molar-refractivity contribution in [1.82, 2.24) is 24.6 Å². The van der Waals surface area contributed by atoms with E-state index >= 15 is 0 Å². The van der Waals surface area contributed by atoms with Crippen molar-refractivity contribution >= 4 is 22.8 Å². The topological polar surface area (TPSA) is 93.1 Å². The molecule has 150 valence electrons. The standard InChI is InChI=1S/C21H23N5O3/c27-19(11-18-16-3-1-2-4-17(16)23-24-18)26-8-5-21(6-9-26)12-15(29-20(21)28)13-25-10-7-22-14-25/h1-4,7,10,14-15H,5-6,8-9,11-13H2,(H,23,24). The number of hydrogen-bond acceptors (Lipinski definition) is 5. The first-order valence-corrected chi connectivity index (χ1v) is 10.00. The number of rotatable bonds is 4. The lowest BCUT2D eigenvalue weighted by Gasteiger charge is -2.36. The number of aromatic nitrogens is 4. The molecular formula is C21H23N5O3. The Bertz CT molecular complexity index is 1030. The highest BCUT2D eigenvalue weighted by Crippen LogP contribution is 2.43. The van der Waals surface area contributed by atoms with Crippen LogP contribution >= 0.6 is 0 Å². The van der Waals surface area contributed by atoms with Crippen LogP contribution in [0.3, 0.4) is 0 Å². The summed E-state index contributed by atoms with van der Waals surface area (Å²) < 4.78 is 7.59. The van der Waals surface area contributed by atoms with Crippen molar-refractivity contribution in [2.75, 3.05) is 13.1 Å². The van der Waals surface area contributed by atoms with Crippen LogP contribution in [0.2, 0.25) is 0 Å². The second kappa shape index (κ2) is 7.02. The molecule has 0 radical (unpaired) electrons. The van der Waals surface area contributed by atoms with E-state index in [2.05, 4.69) is 15.2 Å². The molecule has 3 aromatic rings. The minimum absolute atomic E-state index is 0.0654. The van der Waals surface area contributed by atoms with E-state index in [9.17, 15) is 9.59 Å². The number of nitrogens with one attached hydrogen (secondary N) is 1. The Morgan fingerprint density at radius 2 is 2.10 bits per heavy atom. The van der Waals surface area contributed by atoms with Crippen LogP contribution in [0.5, 0.6) is 0 Å². The first kappa shape index (κ1) is 17.9. The smallest absolute Gasteiger partial charge is 0.312 e. The van der Waals surface area contributed by atoms with Gasteiger partial charge >= 0.3 is 5.97 Å². The van der Waals surface area contributed by atoms with Crippen LogP contribution in [0.1, 0.15) is 25.0 Å². The fourth-order valence-corrected chi connectivity index (χ4v) is 4.57. The van der Waals surface area contributed by atoms with Gasteiger partial charge in [-0.3, -0.25) is 14.7 Å². The lowest BCUT2D eigenvalue weighted by atomic mass is 9.76. The Hall–Kier alpha value is -3.16. The number of benzene rings is 1. The number of carbonyl (C=O) groups excluding carboxylic acids is 2. The number of nitrogens with zero attached hydrogens (tertiary/aromatic N) is 4. The summed E-state index contributed by atoms with van der Waals surface area (Å²) in [4.78, 5) is 31.3. The van der Waals surface area contributed by atoms with Gasteiger partial charge in [-0.15, -0.1) is 0 Å². The third-order valence-corrected chi connectivity index (χ3v) is 6.24. The molecule has 1 unspecified atom stereocenters. The zero-order chi connectivity index (χ0) is 19.8. The molecule has 2 aromatic heterocycles. The maximum atomic E-state index is 12.8. The summed E-state index contributed by atoms with van der Waals surface area (Å²) in [5.41, 5.74) is 1.25. The molecule has 8 heteroatoms. The van der Waals surface area contributed by atoms with Gasteiger partial charge in [-0.25, -0.2) is 4.98 Å². The molecule has 4 heterocycles. The van der Waals surface area contributed by atoms with Gasteiger partial charge in [0.2, 0.25) is 5.91 Å². The molecule has 2 aliphatic heterocycles. The minimum Gasteiger partial charge on any atom is -0.460 e. The molecule has 5 rings (SSSR count). The van der Waals surface area contributed by atoms with Crippen LogP contribution in [-0.2, 0) is 27.3 Å². The van der Waals surface area contributed by atoms with Crippen LogP contribution in [0.25, 0.3) is 10.9 Å². The van der Waals surface area contributed by atoms with E-state index in [0.717, 1.165) is 16.6 Å². The van der Waals surface area contributed by atoms with Crippen molar-refractivity contribution < 1.29 is 14.3 Å². The van der Waals surface area contributed by atoms with Gasteiger partial charge in [0.1, 0.15) is 6.10 Å². The second-order valence-electron chi connectivity index (χ2n) is 8.05. The summed E-state index contributed by atoms with van der Waals surface area (Å²) in [6, 6.07) is 7.78. The highest BCUT2D eigenvalue weighted by atomic mass is 16.6. The number of ether oxygens (including phenoxy) is 1. The maximum absolute atomic E-state index is 12.8. The number of para-hydroxylation sites is 1. The number of imidazole rings is 1. The normalized spacial score (nSPS) is 21.0. The second-order valence-corrected chi connectivity index (χ2v) is 8.05. The van der Waals surface area contributed by atoms with Crippen molar-refractivity contribution in [2.24, 2.45) is 5.41 Å². The zero-order valence-corrected chi connectivity index (χ0v) is 16.1. The number of esters is 1. The van der Waals surface area contributed by atoms with E-state index in [0.29, 0.717) is 45.3 Å². The quantitative estimate of drug-likeness (QED) is 0.684. The number of likely N-dealkylation sites (tertiary alicyclic amines) is 1. The fourth-order valence-electron chi connectivity index (χ4n) is 4.57. The first-order chi connectivity index (χ1) is 14.1. The van der Waals surface area contributed by atoms with Crippen LogP contribution < -0.4 is 0 Å². The summed E-state index contributed by atoms with van der Waals surface area (Å²) in [7, 11) is 0. The predicted molar refractivity (Wildman–Crippen MR) is 105 cm³/mol. The maximum Gasteiger partial charge on any atom is 0.312 e. The molecular weight excluding hydrogens is 370 g/mol. The Morgan fingerprint density at radius 1 is 1.28 bits per heavy atom. The average molecular weight is 393 g/mol. The fraction of sp³-hybridized carbons (Fsp3) is 0.429. The summed E-state index contributed by atoms with van der Waals surface area (Å²) >= 11 is 0. The van der Waals surface area contributed by atoms with E-state index in [1.807, 2.05) is 39.9 Å². The monoisotopic (exact) mass is 393 g/mol. The third-order valence-electron chi connectivity index (χ3n) is 6.24. The minimum atomic E-state index is -0.456. The van der Waals surface area contributed by atoms with Crippen LogP contribution in [-0.4, -0.2) is 55.7 Å². The van der Waals surface area contributed by atoms with E-state index in [1.165, 1.54) is 0 Å². The lowest BCUT2D eigenvalue weighted by Crippen LogP contribution is -2.45. The zero-order valence-electron chi connectivity index (χ0n) is 16.1. The first-order valence-electron chi connectivity index (χ1n) is 10.00. The summed E-state index contributed by atoms with van der Waals surface area (Å²) in [6.45, 7) is 1.79. The number of fused-ring (bicyclic) bond motifs is 1. The van der Waals surface area contributed by atoms with Crippen molar-refractivity contribution in [2.45, 2.75) is 38.3 Å². The van der Waals surface area contributed by atoms with E-state index in [4.69, 9.17) is 4.74 Å². The third kappa shape index (κ3) is 3.28. The van der Waals surface area contributed by atoms with Gasteiger partial charge < -0.3 is 14.2 Å². The SMILES string of the molecule is O=C(Cc1[nH]nc2ccccc12)N1CCC2(CC1)CC(Cn1ccnc1)OC2=O. The molecule has 0 aliphatic carbocycles. The Labute approximate surface area is 167 Å². The predicted octanol–water partition coefficient (Wildman–Crippen LogP) is 1.93. The highest BCUT2D eigenvalue weighted by molar-refractivity contribution is 5.87. The molecule has 0 bridgehead atoms. The van der Waals surface area contributed by atoms with Crippen molar-refractivity contribution in [1.29, 1.82) is 0 Å². The Kier molecular flexibility index (Phi) is 4.34. The molecule has 1 spiro atoms. The van der Waals surface area contributed by atoms with Crippen molar-refractivity contribution in [3.63, 3.8) is 0 Å². The number of aromatic amines is 1. The molecule has 2 aliphatic rings. The Morgan fingerprint density at radius 3 is 2.90 bits per heavy atom. The summed E-state index contributed by atoms with van der Waals surface area (Å²) in [5.74, 6) is -0.0511. The van der Waals surface area contributed by atoms with E-state index < -0.39 is 5.41 Å². The molecule has 29 heavy (non-hydrogen) atoms. The number of piperidine rings is 1.